The van der Waals surface area contributed by atoms with Crippen molar-refractivity contribution >= 4 is 46.6 Å². The summed E-state index contributed by atoms with van der Waals surface area (Å²) < 4.78 is 1.97. The molecule has 0 radical (unpaired) electrons. The molecule has 3 aromatic carbocycles. The summed E-state index contributed by atoms with van der Waals surface area (Å²) in [6.45, 7) is 3.85. The zero-order valence-electron chi connectivity index (χ0n) is 17.4. The summed E-state index contributed by atoms with van der Waals surface area (Å²) in [6.07, 6.45) is 0. The molecule has 32 heavy (non-hydrogen) atoms. The molecule has 1 aromatic heterocycles. The highest BCUT2D eigenvalue weighted by molar-refractivity contribution is 8.00. The van der Waals surface area contributed by atoms with E-state index in [1.165, 1.54) is 11.8 Å². The number of nitrogens with one attached hydrogen (secondary N) is 1. The lowest BCUT2D eigenvalue weighted by Crippen LogP contribution is -2.23. The number of halogens is 2. The number of carbonyl (C=O) groups excluding carboxylic acids is 1. The molecule has 0 bridgehead atoms. The minimum absolute atomic E-state index is 0.209. The van der Waals surface area contributed by atoms with Crippen molar-refractivity contribution in [2.75, 3.05) is 5.32 Å². The fraction of sp³-hybridized carbons (Fsp3) is 0.125. The third-order valence-corrected chi connectivity index (χ3v) is 6.65. The van der Waals surface area contributed by atoms with E-state index in [-0.39, 0.29) is 5.91 Å². The van der Waals surface area contributed by atoms with E-state index in [2.05, 4.69) is 21.6 Å². The van der Waals surface area contributed by atoms with E-state index in [4.69, 9.17) is 23.2 Å². The van der Waals surface area contributed by atoms with Gasteiger partial charge in [-0.05, 0) is 44.2 Å². The van der Waals surface area contributed by atoms with Crippen molar-refractivity contribution in [1.29, 1.82) is 0 Å². The van der Waals surface area contributed by atoms with E-state index >= 15 is 0 Å². The van der Waals surface area contributed by atoms with Crippen LogP contribution in [0, 0.1) is 6.92 Å². The molecule has 0 saturated heterocycles. The highest BCUT2D eigenvalue weighted by Gasteiger charge is 2.22. The standard InChI is InChI=1S/C24H20Cl2N4OS/c1-15-8-6-9-17(14-15)22-28-29-24(30(22)18-10-4-3-5-11-18)32-16(2)23(31)27-20-13-7-12-19(25)21(20)26/h3-14,16H,1-2H3,(H,27,31)/t16-/m0/s1. The number of thioether (sulfide) groups is 1. The number of nitrogens with zero attached hydrogens (tertiary/aromatic N) is 3. The molecule has 1 N–H and O–H groups in total. The molecule has 0 aliphatic heterocycles. The summed E-state index contributed by atoms with van der Waals surface area (Å²) in [6, 6.07) is 23.1. The first-order chi connectivity index (χ1) is 15.4. The quantitative estimate of drug-likeness (QED) is 0.311. The lowest BCUT2D eigenvalue weighted by molar-refractivity contribution is -0.115. The van der Waals surface area contributed by atoms with E-state index in [0.717, 1.165) is 16.8 Å². The van der Waals surface area contributed by atoms with Gasteiger partial charge < -0.3 is 5.32 Å². The molecular formula is C24H20Cl2N4OS. The Hall–Kier alpha value is -2.80. The number of aromatic nitrogens is 3. The van der Waals surface area contributed by atoms with Crippen LogP contribution in [0.2, 0.25) is 10.0 Å². The van der Waals surface area contributed by atoms with Crippen LogP contribution < -0.4 is 5.32 Å². The Balaban J connectivity index is 1.65. The number of benzene rings is 3. The zero-order valence-corrected chi connectivity index (χ0v) is 19.7. The van der Waals surface area contributed by atoms with E-state index in [1.807, 2.05) is 66.9 Å². The molecule has 1 atom stereocenters. The van der Waals surface area contributed by atoms with Crippen LogP contribution in [0.4, 0.5) is 5.69 Å². The van der Waals surface area contributed by atoms with Crippen LogP contribution in [0.1, 0.15) is 12.5 Å². The first-order valence-electron chi connectivity index (χ1n) is 9.93. The van der Waals surface area contributed by atoms with Crippen molar-refractivity contribution < 1.29 is 4.79 Å². The van der Waals surface area contributed by atoms with E-state index in [1.54, 1.807) is 18.2 Å². The molecule has 0 aliphatic carbocycles. The van der Waals surface area contributed by atoms with Crippen molar-refractivity contribution in [2.45, 2.75) is 24.3 Å². The van der Waals surface area contributed by atoms with Crippen molar-refractivity contribution in [1.82, 2.24) is 14.8 Å². The molecule has 162 valence electrons. The number of hydrogen-bond acceptors (Lipinski definition) is 4. The van der Waals surface area contributed by atoms with Crippen LogP contribution in [0.25, 0.3) is 17.1 Å². The van der Waals surface area contributed by atoms with Gasteiger partial charge in [0.2, 0.25) is 5.91 Å². The van der Waals surface area contributed by atoms with Gasteiger partial charge in [-0.25, -0.2) is 0 Å². The fourth-order valence-electron chi connectivity index (χ4n) is 3.17. The Morgan fingerprint density at radius 3 is 2.50 bits per heavy atom. The van der Waals surface area contributed by atoms with Gasteiger partial charge in [0, 0.05) is 11.3 Å². The van der Waals surface area contributed by atoms with Crippen LogP contribution in [0.3, 0.4) is 0 Å². The molecule has 0 spiro atoms. The van der Waals surface area contributed by atoms with Crippen LogP contribution >= 0.6 is 35.0 Å². The van der Waals surface area contributed by atoms with Gasteiger partial charge in [0.05, 0.1) is 21.0 Å². The number of carbonyl (C=O) groups is 1. The summed E-state index contributed by atoms with van der Waals surface area (Å²) in [5.74, 6) is 0.506. The third kappa shape index (κ3) is 4.83. The van der Waals surface area contributed by atoms with E-state index in [0.29, 0.717) is 26.7 Å². The Morgan fingerprint density at radius 1 is 1.00 bits per heavy atom. The summed E-state index contributed by atoms with van der Waals surface area (Å²) in [5, 5.41) is 12.6. The average Bonchev–Trinajstić information content (AvgIpc) is 3.21. The second-order valence-corrected chi connectivity index (χ2v) is 9.29. The molecule has 0 unspecified atom stereocenters. The van der Waals surface area contributed by atoms with Crippen LogP contribution in [0.5, 0.6) is 0 Å². The van der Waals surface area contributed by atoms with Crippen LogP contribution in [-0.4, -0.2) is 25.9 Å². The van der Waals surface area contributed by atoms with Gasteiger partial charge in [-0.3, -0.25) is 9.36 Å². The second kappa shape index (κ2) is 9.77. The number of anilines is 1. The first kappa shape index (κ1) is 22.4. The summed E-state index contributed by atoms with van der Waals surface area (Å²) in [4.78, 5) is 12.9. The summed E-state index contributed by atoms with van der Waals surface area (Å²) in [5.41, 5.74) is 3.48. The molecule has 0 aliphatic rings. The maximum atomic E-state index is 12.9. The lowest BCUT2D eigenvalue weighted by atomic mass is 10.1. The van der Waals surface area contributed by atoms with E-state index < -0.39 is 5.25 Å². The van der Waals surface area contributed by atoms with E-state index in [9.17, 15) is 4.79 Å². The topological polar surface area (TPSA) is 59.8 Å². The number of aryl methyl sites for hydroxylation is 1. The number of para-hydroxylation sites is 1. The number of rotatable bonds is 6. The number of hydrogen-bond donors (Lipinski definition) is 1. The van der Waals surface area contributed by atoms with Gasteiger partial charge in [0.1, 0.15) is 0 Å². The van der Waals surface area contributed by atoms with Crippen LogP contribution in [0.15, 0.2) is 78.0 Å². The van der Waals surface area contributed by atoms with Crippen molar-refractivity contribution in [2.24, 2.45) is 0 Å². The molecule has 1 amide bonds. The van der Waals surface area contributed by atoms with Gasteiger partial charge in [-0.2, -0.15) is 0 Å². The molecule has 0 fully saturated rings. The minimum Gasteiger partial charge on any atom is -0.324 e. The molecule has 4 rings (SSSR count). The normalized spacial score (nSPS) is 11.9. The van der Waals surface area contributed by atoms with Crippen molar-refractivity contribution in [3.8, 4) is 17.1 Å². The molecular weight excluding hydrogens is 463 g/mol. The second-order valence-electron chi connectivity index (χ2n) is 7.20. The monoisotopic (exact) mass is 482 g/mol. The zero-order chi connectivity index (χ0) is 22.7. The highest BCUT2D eigenvalue weighted by Crippen LogP contribution is 2.33. The summed E-state index contributed by atoms with van der Waals surface area (Å²) in [7, 11) is 0. The van der Waals surface area contributed by atoms with Gasteiger partial charge in [-0.15, -0.1) is 10.2 Å². The van der Waals surface area contributed by atoms with Crippen molar-refractivity contribution in [3.63, 3.8) is 0 Å². The Morgan fingerprint density at radius 2 is 1.75 bits per heavy atom. The number of amides is 1. The van der Waals surface area contributed by atoms with Gasteiger partial charge in [-0.1, -0.05) is 83.0 Å². The van der Waals surface area contributed by atoms with Crippen LogP contribution in [-0.2, 0) is 4.79 Å². The SMILES string of the molecule is Cc1cccc(-c2nnc(S[C@@H](C)C(=O)Nc3cccc(Cl)c3Cl)n2-c2ccccc2)c1. The van der Waals surface area contributed by atoms with Gasteiger partial charge in [0.25, 0.3) is 0 Å². The fourth-order valence-corrected chi connectivity index (χ4v) is 4.39. The Labute approximate surface area is 200 Å². The molecule has 0 saturated carbocycles. The highest BCUT2D eigenvalue weighted by atomic mass is 35.5. The molecule has 4 aromatic rings. The molecule has 8 heteroatoms. The third-order valence-electron chi connectivity index (χ3n) is 4.78. The average molecular weight is 483 g/mol. The smallest absolute Gasteiger partial charge is 0.237 e. The minimum atomic E-state index is -0.456. The largest absolute Gasteiger partial charge is 0.324 e. The maximum absolute atomic E-state index is 12.9. The van der Waals surface area contributed by atoms with Gasteiger partial charge >= 0.3 is 0 Å². The first-order valence-corrected chi connectivity index (χ1v) is 11.6. The predicted molar refractivity (Wildman–Crippen MR) is 132 cm³/mol. The molecule has 1 heterocycles. The Kier molecular flexibility index (Phi) is 6.84. The summed E-state index contributed by atoms with van der Waals surface area (Å²) >= 11 is 13.6. The van der Waals surface area contributed by atoms with Crippen molar-refractivity contribution in [3.05, 3.63) is 88.4 Å². The predicted octanol–water partition coefficient (Wildman–Crippen LogP) is 6.67. The molecule has 5 nitrogen and oxygen atoms in total. The lowest BCUT2D eigenvalue weighted by Gasteiger charge is -2.15. The van der Waals surface area contributed by atoms with Gasteiger partial charge in [0.15, 0.2) is 11.0 Å². The Bertz CT molecular complexity index is 1260. The maximum Gasteiger partial charge on any atom is 0.237 e.